The molecule has 244 valence electrons. The molecule has 0 saturated carbocycles. The van der Waals surface area contributed by atoms with Crippen molar-refractivity contribution in [2.45, 2.75) is 50.3 Å². The molecule has 0 amide bonds. The third kappa shape index (κ3) is 9.24. The fourth-order valence-corrected chi connectivity index (χ4v) is 8.01. The Balaban J connectivity index is 1.23. The molecule has 3 aromatic rings. The summed E-state index contributed by atoms with van der Waals surface area (Å²) < 4.78 is 72.2. The van der Waals surface area contributed by atoms with E-state index in [1.807, 2.05) is 30.3 Å². The Kier molecular flexibility index (Phi) is 10.5. The first kappa shape index (κ1) is 33.8. The number of phosphoric acid groups is 3. The van der Waals surface area contributed by atoms with Crippen molar-refractivity contribution in [3.05, 3.63) is 105 Å². The highest BCUT2D eigenvalue weighted by atomic mass is 31.3. The van der Waals surface area contributed by atoms with Gasteiger partial charge in [-0.05, 0) is 17.5 Å². The van der Waals surface area contributed by atoms with Gasteiger partial charge in [-0.3, -0.25) is 28.0 Å². The summed E-state index contributed by atoms with van der Waals surface area (Å²) in [7, 11) is -17.5. The maximum atomic E-state index is 12.5. The topological polar surface area (TPSA) is 240 Å². The Morgan fingerprint density at radius 2 is 1.36 bits per heavy atom. The zero-order valence-corrected chi connectivity index (χ0v) is 25.7. The largest absolute Gasteiger partial charge is 0.756 e. The van der Waals surface area contributed by atoms with Crippen LogP contribution < -0.4 is 25.9 Å². The Morgan fingerprint density at radius 3 is 2.00 bits per heavy atom. The number of aromatic nitrogens is 2. The number of hydrogen-bond acceptors (Lipinski definition) is 15. The van der Waals surface area contributed by atoms with Gasteiger partial charge in [-0.15, -0.1) is 0 Å². The van der Waals surface area contributed by atoms with Gasteiger partial charge in [0.1, 0.15) is 18.3 Å². The van der Waals surface area contributed by atoms with Crippen molar-refractivity contribution in [1.29, 1.82) is 0 Å². The molecular weight excluding hydrogens is 661 g/mol. The van der Waals surface area contributed by atoms with E-state index in [1.165, 1.54) is 12.1 Å². The minimum absolute atomic E-state index is 0.356. The summed E-state index contributed by atoms with van der Waals surface area (Å²) in [5.41, 5.74) is -0.165. The quantitative estimate of drug-likeness (QED) is 0.231. The number of phosphoric ester groups is 2. The number of aryl methyl sites for hydroxylation is 1. The lowest BCUT2D eigenvalue weighted by molar-refractivity contribution is -0.252. The van der Waals surface area contributed by atoms with Crippen LogP contribution in [0.5, 0.6) is 0 Å². The average molecular weight is 687 g/mol. The van der Waals surface area contributed by atoms with Crippen LogP contribution >= 0.6 is 23.5 Å². The minimum atomic E-state index is -6.09. The van der Waals surface area contributed by atoms with Crippen LogP contribution in [0.25, 0.3) is 0 Å². The number of hydrogen-bond donors (Lipinski definition) is 1. The molecule has 0 bridgehead atoms. The number of rotatable bonds is 14. The molecule has 2 fully saturated rings. The predicted octanol–water partition coefficient (Wildman–Crippen LogP) is 0.849. The summed E-state index contributed by atoms with van der Waals surface area (Å²) in [6, 6.07) is 18.3. The van der Waals surface area contributed by atoms with Gasteiger partial charge < -0.3 is 37.9 Å². The van der Waals surface area contributed by atoms with Gasteiger partial charge in [0.2, 0.25) is 0 Å². The van der Waals surface area contributed by atoms with E-state index in [9.17, 15) is 38.0 Å². The van der Waals surface area contributed by atoms with Crippen LogP contribution in [0.15, 0.2) is 82.5 Å². The molecule has 0 spiro atoms. The number of fused-ring (bicyclic) bond motifs is 1. The SMILES string of the molecule is O=c1ccn([C@@H]2O[C@H](COP(=O)([O-])OP(=O)([O-])OP(=O)([O-])OCc3ccccc3)[C@@H]3OC(CCc4ccccc4)OC32)c(=O)[nH]1. The number of nitrogens with zero attached hydrogens (tertiary/aromatic N) is 1. The van der Waals surface area contributed by atoms with E-state index >= 15 is 0 Å². The van der Waals surface area contributed by atoms with Crippen molar-refractivity contribution < 1.29 is 60.3 Å². The van der Waals surface area contributed by atoms with Gasteiger partial charge in [0, 0.05) is 18.7 Å². The molecule has 2 aliphatic heterocycles. The standard InChI is InChI=1S/C25H29N2O15P3/c28-20-13-14-27(25(29)26-20)24-23-22(39-21(40-23)12-11-17-7-3-1-4-8-17)19(38-24)16-37-44(32,33)42-45(34,35)41-43(30,31)36-15-18-9-5-2-6-10-18/h1-10,13-14,19,21-24H,11-12,15-16H2,(H,30,31)(H,32,33)(H,34,35)(H,26,28,29)/p-3/t19-,21?,22+,23?,24-/m1/s1. The fourth-order valence-electron chi connectivity index (χ4n) is 4.65. The highest BCUT2D eigenvalue weighted by Gasteiger charge is 2.53. The number of nitrogens with one attached hydrogen (secondary N) is 1. The van der Waals surface area contributed by atoms with Crippen molar-refractivity contribution in [3.63, 3.8) is 0 Å². The third-order valence-electron chi connectivity index (χ3n) is 6.57. The molecule has 2 aromatic carbocycles. The molecule has 3 heterocycles. The molecule has 5 rings (SSSR count). The predicted molar refractivity (Wildman–Crippen MR) is 146 cm³/mol. The van der Waals surface area contributed by atoms with Gasteiger partial charge in [-0.25, -0.2) is 13.4 Å². The molecule has 1 N–H and O–H groups in total. The summed E-state index contributed by atoms with van der Waals surface area (Å²) in [4.78, 5) is 62.6. The van der Waals surface area contributed by atoms with Crippen molar-refractivity contribution >= 4 is 23.5 Å². The van der Waals surface area contributed by atoms with Crippen molar-refractivity contribution in [3.8, 4) is 0 Å². The van der Waals surface area contributed by atoms with E-state index in [1.54, 1.807) is 18.2 Å². The number of aromatic amines is 1. The molecule has 5 unspecified atom stereocenters. The highest BCUT2D eigenvalue weighted by molar-refractivity contribution is 7.65. The van der Waals surface area contributed by atoms with Gasteiger partial charge in [-0.2, -0.15) is 0 Å². The number of H-pyrrole nitrogens is 1. The maximum absolute atomic E-state index is 12.5. The van der Waals surface area contributed by atoms with Crippen LogP contribution in [0, 0.1) is 0 Å². The summed E-state index contributed by atoms with van der Waals surface area (Å²) in [5.74, 6) is 0. The van der Waals surface area contributed by atoms with Gasteiger partial charge in [0.05, 0.1) is 13.2 Å². The first-order valence-electron chi connectivity index (χ1n) is 13.3. The lowest BCUT2D eigenvalue weighted by Crippen LogP contribution is -2.36. The summed E-state index contributed by atoms with van der Waals surface area (Å²) in [6.45, 7) is -1.49. The van der Waals surface area contributed by atoms with Crippen LogP contribution in [-0.2, 0) is 58.6 Å². The second-order valence-corrected chi connectivity index (χ2v) is 14.3. The van der Waals surface area contributed by atoms with Crippen LogP contribution in [0.2, 0.25) is 0 Å². The maximum Gasteiger partial charge on any atom is 0.330 e. The Morgan fingerprint density at radius 1 is 0.756 bits per heavy atom. The summed E-state index contributed by atoms with van der Waals surface area (Å²) >= 11 is 0. The molecule has 20 heteroatoms. The van der Waals surface area contributed by atoms with Crippen LogP contribution in [0.1, 0.15) is 23.8 Å². The highest BCUT2D eigenvalue weighted by Crippen LogP contribution is 2.63. The van der Waals surface area contributed by atoms with E-state index in [0.717, 1.165) is 22.4 Å². The molecule has 0 radical (unpaired) electrons. The third-order valence-corrected chi connectivity index (χ3v) is 10.7. The van der Waals surface area contributed by atoms with E-state index < -0.39 is 78.8 Å². The van der Waals surface area contributed by atoms with Crippen LogP contribution in [-0.4, -0.2) is 40.8 Å². The normalized spacial score (nSPS) is 26.9. The van der Waals surface area contributed by atoms with Gasteiger partial charge in [0.25, 0.3) is 29.0 Å². The monoisotopic (exact) mass is 687 g/mol. The molecule has 17 nitrogen and oxygen atoms in total. The number of ether oxygens (including phenoxy) is 3. The molecule has 1 aromatic heterocycles. The second kappa shape index (κ2) is 14.0. The van der Waals surface area contributed by atoms with Crippen LogP contribution in [0.4, 0.5) is 0 Å². The average Bonchev–Trinajstić information content (AvgIpc) is 3.53. The van der Waals surface area contributed by atoms with Gasteiger partial charge in [-0.1, -0.05) is 60.7 Å². The molecule has 45 heavy (non-hydrogen) atoms. The van der Waals surface area contributed by atoms with Gasteiger partial charge >= 0.3 is 5.69 Å². The smallest absolute Gasteiger partial charge is 0.330 e. The van der Waals surface area contributed by atoms with Crippen molar-refractivity contribution in [1.82, 2.24) is 9.55 Å². The zero-order valence-electron chi connectivity index (χ0n) is 23.1. The zero-order chi connectivity index (χ0) is 32.2. The molecule has 2 saturated heterocycles. The summed E-state index contributed by atoms with van der Waals surface area (Å²) in [6.07, 6.45) is -3.19. The van der Waals surface area contributed by atoms with E-state index in [4.69, 9.17) is 14.2 Å². The van der Waals surface area contributed by atoms with Gasteiger partial charge in [0.15, 0.2) is 12.5 Å². The fraction of sp³-hybridized carbons (Fsp3) is 0.360. The van der Waals surface area contributed by atoms with Crippen LogP contribution in [0.3, 0.4) is 0 Å². The van der Waals surface area contributed by atoms with Crippen molar-refractivity contribution in [2.75, 3.05) is 6.61 Å². The number of benzene rings is 2. The Hall–Kier alpha value is -2.59. The van der Waals surface area contributed by atoms with E-state index in [2.05, 4.69) is 22.7 Å². The first-order valence-corrected chi connectivity index (χ1v) is 17.7. The second-order valence-electron chi connectivity index (χ2n) is 9.80. The molecule has 8 atom stereocenters. The van der Waals surface area contributed by atoms with E-state index in [-0.39, 0.29) is 0 Å². The minimum Gasteiger partial charge on any atom is -0.756 e. The van der Waals surface area contributed by atoms with Crippen molar-refractivity contribution in [2.24, 2.45) is 0 Å². The lowest BCUT2D eigenvalue weighted by atomic mass is 10.1. The molecule has 2 aliphatic rings. The molecular formula is C25H26N2O15P3-3. The Bertz CT molecular complexity index is 1720. The molecule has 0 aliphatic carbocycles. The first-order chi connectivity index (χ1) is 21.3. The lowest BCUT2D eigenvalue weighted by Gasteiger charge is -2.34. The Labute approximate surface area is 255 Å². The van der Waals surface area contributed by atoms with E-state index in [0.29, 0.717) is 18.4 Å². The summed E-state index contributed by atoms with van der Waals surface area (Å²) in [5, 5.41) is 0.